The van der Waals surface area contributed by atoms with E-state index < -0.39 is 17.4 Å². The predicted octanol–water partition coefficient (Wildman–Crippen LogP) is 1.98. The number of azide groups is 1. The molecule has 0 saturated carbocycles. The summed E-state index contributed by atoms with van der Waals surface area (Å²) in [6.45, 7) is 3.86. The fourth-order valence-electron chi connectivity index (χ4n) is 2.03. The van der Waals surface area contributed by atoms with E-state index in [1.54, 1.807) is 19.2 Å². The zero-order chi connectivity index (χ0) is 13.8. The Kier molecular flexibility index (Phi) is 4.31. The molecule has 0 radical (unpaired) electrons. The van der Waals surface area contributed by atoms with E-state index in [0.717, 1.165) is 5.56 Å². The van der Waals surface area contributed by atoms with E-state index in [9.17, 15) is 4.79 Å². The Hall–Kier alpha value is -2.04. The standard InChI is InChI=1S/C12H17N5O/c1-12(2,10(15-3)11(13)18)8-4-6-9(7-5-8)16-17-14/h4-7,10,15H,1-3H3,(H2,13,18)/t10-/m1/s1. The van der Waals surface area contributed by atoms with Crippen LogP contribution < -0.4 is 11.1 Å². The highest BCUT2D eigenvalue weighted by molar-refractivity contribution is 5.82. The lowest BCUT2D eigenvalue weighted by Crippen LogP contribution is -2.51. The number of hydrogen-bond donors (Lipinski definition) is 2. The van der Waals surface area contributed by atoms with Crippen molar-refractivity contribution in [3.63, 3.8) is 0 Å². The summed E-state index contributed by atoms with van der Waals surface area (Å²) in [7, 11) is 1.70. The highest BCUT2D eigenvalue weighted by atomic mass is 16.1. The second kappa shape index (κ2) is 5.53. The summed E-state index contributed by atoms with van der Waals surface area (Å²) in [6.07, 6.45) is 0. The van der Waals surface area contributed by atoms with E-state index in [1.807, 2.05) is 26.0 Å². The molecule has 0 aromatic heterocycles. The fraction of sp³-hybridized carbons (Fsp3) is 0.417. The molecule has 0 spiro atoms. The van der Waals surface area contributed by atoms with Crippen molar-refractivity contribution in [1.82, 2.24) is 5.32 Å². The van der Waals surface area contributed by atoms with Gasteiger partial charge in [-0.3, -0.25) is 4.79 Å². The molecule has 96 valence electrons. The van der Waals surface area contributed by atoms with Gasteiger partial charge in [-0.05, 0) is 18.1 Å². The molecule has 0 bridgehead atoms. The minimum atomic E-state index is -0.470. The van der Waals surface area contributed by atoms with Crippen LogP contribution in [0.3, 0.4) is 0 Å². The molecule has 6 nitrogen and oxygen atoms in total. The second-order valence-corrected chi connectivity index (χ2v) is 4.58. The van der Waals surface area contributed by atoms with Crippen LogP contribution in [0.4, 0.5) is 5.69 Å². The minimum absolute atomic E-state index is 0.401. The highest BCUT2D eigenvalue weighted by Gasteiger charge is 2.34. The summed E-state index contributed by atoms with van der Waals surface area (Å²) in [5.41, 5.74) is 14.7. The Labute approximate surface area is 106 Å². The zero-order valence-electron chi connectivity index (χ0n) is 10.7. The molecule has 1 aromatic rings. The third kappa shape index (κ3) is 2.80. The van der Waals surface area contributed by atoms with Gasteiger partial charge in [-0.25, -0.2) is 0 Å². The first-order valence-electron chi connectivity index (χ1n) is 5.55. The molecule has 3 N–H and O–H groups in total. The molecule has 0 heterocycles. The van der Waals surface area contributed by atoms with Crippen LogP contribution in [0.15, 0.2) is 29.4 Å². The van der Waals surface area contributed by atoms with Crippen molar-refractivity contribution in [2.45, 2.75) is 25.3 Å². The maximum Gasteiger partial charge on any atom is 0.235 e. The van der Waals surface area contributed by atoms with Gasteiger partial charge >= 0.3 is 0 Å². The average molecular weight is 247 g/mol. The summed E-state index contributed by atoms with van der Waals surface area (Å²) in [4.78, 5) is 14.1. The van der Waals surface area contributed by atoms with Gasteiger partial charge < -0.3 is 11.1 Å². The second-order valence-electron chi connectivity index (χ2n) is 4.58. The Morgan fingerprint density at radius 2 is 2.00 bits per heavy atom. The van der Waals surface area contributed by atoms with Gasteiger partial charge in [-0.2, -0.15) is 0 Å². The first-order chi connectivity index (χ1) is 8.43. The normalized spacial score (nSPS) is 12.6. The van der Waals surface area contributed by atoms with Crippen LogP contribution >= 0.6 is 0 Å². The molecule has 0 unspecified atom stereocenters. The van der Waals surface area contributed by atoms with E-state index in [0.29, 0.717) is 5.69 Å². The lowest BCUT2D eigenvalue weighted by molar-refractivity contribution is -0.121. The van der Waals surface area contributed by atoms with E-state index in [-0.39, 0.29) is 0 Å². The van der Waals surface area contributed by atoms with Gasteiger partial charge in [0.05, 0.1) is 6.04 Å². The quantitative estimate of drug-likeness (QED) is 0.472. The maximum atomic E-state index is 11.4. The largest absolute Gasteiger partial charge is 0.368 e. The smallest absolute Gasteiger partial charge is 0.235 e. The van der Waals surface area contributed by atoms with Crippen LogP contribution in [0.1, 0.15) is 19.4 Å². The molecule has 0 saturated heterocycles. The molecular formula is C12H17N5O. The Bertz CT molecular complexity index is 474. The van der Waals surface area contributed by atoms with Crippen molar-refractivity contribution in [1.29, 1.82) is 0 Å². The summed E-state index contributed by atoms with van der Waals surface area (Å²) in [5.74, 6) is -0.401. The molecule has 18 heavy (non-hydrogen) atoms. The number of primary amides is 1. The number of hydrogen-bond acceptors (Lipinski definition) is 3. The first-order valence-corrected chi connectivity index (χ1v) is 5.55. The number of carbonyl (C=O) groups is 1. The van der Waals surface area contributed by atoms with Crippen molar-refractivity contribution in [2.24, 2.45) is 10.8 Å². The highest BCUT2D eigenvalue weighted by Crippen LogP contribution is 2.28. The third-order valence-corrected chi connectivity index (χ3v) is 3.07. The number of nitrogens with zero attached hydrogens (tertiary/aromatic N) is 3. The number of amides is 1. The van der Waals surface area contributed by atoms with Crippen LogP contribution in [0.5, 0.6) is 0 Å². The van der Waals surface area contributed by atoms with E-state index in [4.69, 9.17) is 11.3 Å². The van der Waals surface area contributed by atoms with Crippen LogP contribution in [0.2, 0.25) is 0 Å². The zero-order valence-corrected chi connectivity index (χ0v) is 10.7. The number of benzene rings is 1. The molecule has 0 aliphatic heterocycles. The molecular weight excluding hydrogens is 230 g/mol. The topological polar surface area (TPSA) is 104 Å². The van der Waals surface area contributed by atoms with Gasteiger partial charge in [0.15, 0.2) is 0 Å². The Morgan fingerprint density at radius 3 is 2.39 bits per heavy atom. The molecule has 1 atom stereocenters. The molecule has 1 aromatic carbocycles. The lowest BCUT2D eigenvalue weighted by Gasteiger charge is -2.32. The van der Waals surface area contributed by atoms with Crippen molar-refractivity contribution in [3.05, 3.63) is 40.3 Å². The van der Waals surface area contributed by atoms with Gasteiger partial charge in [0.1, 0.15) is 0 Å². The molecule has 6 heteroatoms. The van der Waals surface area contributed by atoms with Gasteiger partial charge in [0.25, 0.3) is 0 Å². The Morgan fingerprint density at radius 1 is 1.44 bits per heavy atom. The number of likely N-dealkylation sites (N-methyl/N-ethyl adjacent to an activating group) is 1. The minimum Gasteiger partial charge on any atom is -0.368 e. The van der Waals surface area contributed by atoms with Crippen LogP contribution in [0, 0.1) is 0 Å². The van der Waals surface area contributed by atoms with Gasteiger partial charge in [0.2, 0.25) is 5.91 Å². The lowest BCUT2D eigenvalue weighted by atomic mass is 9.77. The fourth-order valence-corrected chi connectivity index (χ4v) is 2.03. The van der Waals surface area contributed by atoms with Gasteiger partial charge in [-0.15, -0.1) is 0 Å². The van der Waals surface area contributed by atoms with Crippen molar-refractivity contribution in [3.8, 4) is 0 Å². The number of nitrogens with two attached hydrogens (primary N) is 1. The molecule has 0 aliphatic carbocycles. The molecule has 0 aliphatic rings. The van der Waals surface area contributed by atoms with Gasteiger partial charge in [0, 0.05) is 16.0 Å². The number of rotatable bonds is 5. The SMILES string of the molecule is CN[C@H](C(N)=O)C(C)(C)c1ccc(N=[N+]=[N-])cc1. The summed E-state index contributed by atoms with van der Waals surface area (Å²) >= 11 is 0. The van der Waals surface area contributed by atoms with Crippen LogP contribution in [-0.2, 0) is 10.2 Å². The summed E-state index contributed by atoms with van der Waals surface area (Å²) in [5, 5.41) is 6.43. The number of nitrogens with one attached hydrogen (secondary N) is 1. The summed E-state index contributed by atoms with van der Waals surface area (Å²) in [6, 6.07) is 6.62. The Balaban J connectivity index is 3.10. The number of carbonyl (C=O) groups excluding carboxylic acids is 1. The molecule has 0 fully saturated rings. The monoisotopic (exact) mass is 247 g/mol. The van der Waals surface area contributed by atoms with Crippen molar-refractivity contribution >= 4 is 11.6 Å². The van der Waals surface area contributed by atoms with Crippen molar-refractivity contribution in [2.75, 3.05) is 7.05 Å². The first kappa shape index (κ1) is 14.0. The molecule has 1 amide bonds. The van der Waals surface area contributed by atoms with Crippen molar-refractivity contribution < 1.29 is 4.79 Å². The molecule has 1 rings (SSSR count). The maximum absolute atomic E-state index is 11.4. The third-order valence-electron chi connectivity index (χ3n) is 3.07. The summed E-state index contributed by atoms with van der Waals surface area (Å²) < 4.78 is 0. The van der Waals surface area contributed by atoms with E-state index >= 15 is 0 Å². The predicted molar refractivity (Wildman–Crippen MR) is 70.3 cm³/mol. The van der Waals surface area contributed by atoms with Crippen LogP contribution in [-0.4, -0.2) is 19.0 Å². The van der Waals surface area contributed by atoms with Gasteiger partial charge in [-0.1, -0.05) is 43.2 Å². The van der Waals surface area contributed by atoms with E-state index in [2.05, 4.69) is 15.3 Å². The van der Waals surface area contributed by atoms with E-state index in [1.165, 1.54) is 0 Å². The van der Waals surface area contributed by atoms with Crippen LogP contribution in [0.25, 0.3) is 10.4 Å². The average Bonchev–Trinajstić information content (AvgIpc) is 2.30.